The van der Waals surface area contributed by atoms with Crippen LogP contribution in [0.15, 0.2) is 18.2 Å². The van der Waals surface area contributed by atoms with E-state index in [1.165, 1.54) is 17.4 Å². The molecule has 1 aromatic heterocycles. The van der Waals surface area contributed by atoms with Crippen LogP contribution in [-0.2, 0) is 9.59 Å². The smallest absolute Gasteiger partial charge is 0.237 e. The number of nitrogens with zero attached hydrogens (tertiary/aromatic N) is 2. The number of hydrogen-bond acceptors (Lipinski definition) is 5. The largest absolute Gasteiger partial charge is 0.353 e. The van der Waals surface area contributed by atoms with Gasteiger partial charge in [0.1, 0.15) is 11.3 Å². The highest BCUT2D eigenvalue weighted by molar-refractivity contribution is 7.22. The van der Waals surface area contributed by atoms with Gasteiger partial charge in [-0.3, -0.25) is 14.5 Å². The van der Waals surface area contributed by atoms with E-state index in [9.17, 15) is 14.0 Å². The molecule has 1 saturated heterocycles. The molecule has 2 aromatic rings. The van der Waals surface area contributed by atoms with Gasteiger partial charge in [-0.2, -0.15) is 0 Å². The first-order valence-corrected chi connectivity index (χ1v) is 8.65. The van der Waals surface area contributed by atoms with Crippen molar-refractivity contribution in [2.24, 2.45) is 0 Å². The molecule has 2 amide bonds. The minimum absolute atomic E-state index is 0.0441. The normalized spacial score (nSPS) is 18.8. The van der Waals surface area contributed by atoms with Crippen LogP contribution in [-0.4, -0.2) is 46.9 Å². The van der Waals surface area contributed by atoms with Gasteiger partial charge in [-0.25, -0.2) is 9.37 Å². The topological polar surface area (TPSA) is 74.3 Å². The lowest BCUT2D eigenvalue weighted by Crippen LogP contribution is -2.58. The number of carbonyl (C=O) groups excluding carboxylic acids is 2. The summed E-state index contributed by atoms with van der Waals surface area (Å²) in [5, 5.41) is 5.81. The van der Waals surface area contributed by atoms with Crippen LogP contribution in [0.4, 0.5) is 9.52 Å². The maximum absolute atomic E-state index is 13.7. The van der Waals surface area contributed by atoms with Crippen molar-refractivity contribution in [3.8, 4) is 0 Å². The van der Waals surface area contributed by atoms with Gasteiger partial charge >= 0.3 is 0 Å². The van der Waals surface area contributed by atoms with Crippen molar-refractivity contribution in [3.05, 3.63) is 24.0 Å². The van der Waals surface area contributed by atoms with E-state index in [2.05, 4.69) is 15.6 Å². The zero-order chi connectivity index (χ0) is 17.3. The number of nitrogens with one attached hydrogen (secondary N) is 2. The summed E-state index contributed by atoms with van der Waals surface area (Å²) >= 11 is 1.21. The van der Waals surface area contributed by atoms with E-state index >= 15 is 0 Å². The summed E-state index contributed by atoms with van der Waals surface area (Å²) in [7, 11) is 0. The van der Waals surface area contributed by atoms with E-state index in [1.54, 1.807) is 12.1 Å². The second-order valence-corrected chi connectivity index (χ2v) is 7.03. The molecule has 1 atom stereocenters. The molecular weight excluding hydrogens is 331 g/mol. The van der Waals surface area contributed by atoms with Crippen LogP contribution < -0.4 is 10.6 Å². The van der Waals surface area contributed by atoms with Crippen LogP contribution in [0.3, 0.4) is 0 Å². The van der Waals surface area contributed by atoms with Gasteiger partial charge in [0.15, 0.2) is 5.13 Å². The maximum Gasteiger partial charge on any atom is 0.237 e. The molecule has 2 heterocycles. The van der Waals surface area contributed by atoms with E-state index in [1.807, 2.05) is 18.7 Å². The third-order valence-electron chi connectivity index (χ3n) is 4.03. The quantitative estimate of drug-likeness (QED) is 0.884. The number of carbonyl (C=O) groups is 2. The van der Waals surface area contributed by atoms with Crippen molar-refractivity contribution in [3.63, 3.8) is 0 Å². The molecule has 0 radical (unpaired) electrons. The molecule has 0 bridgehead atoms. The molecule has 8 heteroatoms. The van der Waals surface area contributed by atoms with Gasteiger partial charge in [0.05, 0.1) is 17.2 Å². The molecule has 2 N–H and O–H groups in total. The van der Waals surface area contributed by atoms with E-state index in [4.69, 9.17) is 0 Å². The second-order valence-electron chi connectivity index (χ2n) is 6.00. The third-order valence-corrected chi connectivity index (χ3v) is 4.97. The average Bonchev–Trinajstić information content (AvgIpc) is 2.93. The minimum atomic E-state index is -0.495. The fourth-order valence-electron chi connectivity index (χ4n) is 2.87. The Morgan fingerprint density at radius 1 is 1.54 bits per heavy atom. The van der Waals surface area contributed by atoms with Crippen LogP contribution in [0, 0.1) is 5.82 Å². The summed E-state index contributed by atoms with van der Waals surface area (Å²) in [6, 6.07) is 4.37. The van der Waals surface area contributed by atoms with E-state index in [-0.39, 0.29) is 29.8 Å². The Morgan fingerprint density at radius 3 is 3.04 bits per heavy atom. The molecule has 1 unspecified atom stereocenters. The number of anilines is 1. The molecule has 0 spiro atoms. The monoisotopic (exact) mass is 350 g/mol. The van der Waals surface area contributed by atoms with Gasteiger partial charge in [-0.15, -0.1) is 0 Å². The van der Waals surface area contributed by atoms with Crippen LogP contribution in [0.1, 0.15) is 20.3 Å². The summed E-state index contributed by atoms with van der Waals surface area (Å²) in [6.45, 7) is 5.31. The highest BCUT2D eigenvalue weighted by atomic mass is 32.1. The number of piperazine rings is 1. The van der Waals surface area contributed by atoms with Crippen LogP contribution in [0.5, 0.6) is 0 Å². The van der Waals surface area contributed by atoms with Gasteiger partial charge in [0, 0.05) is 19.1 Å². The van der Waals surface area contributed by atoms with E-state index < -0.39 is 11.9 Å². The molecule has 6 nitrogen and oxygen atoms in total. The summed E-state index contributed by atoms with van der Waals surface area (Å²) < 4.78 is 14.3. The summed E-state index contributed by atoms with van der Waals surface area (Å²) in [5.74, 6) is -0.857. The zero-order valence-corrected chi connectivity index (χ0v) is 14.3. The number of amides is 2. The molecule has 3 rings (SSSR count). The second kappa shape index (κ2) is 6.82. The Labute approximate surface area is 143 Å². The predicted octanol–water partition coefficient (Wildman–Crippen LogP) is 1.97. The minimum Gasteiger partial charge on any atom is -0.353 e. The predicted molar refractivity (Wildman–Crippen MR) is 91.5 cm³/mol. The standard InChI is InChI=1S/C16H19FN4O2S/c1-9(2)21-7-6-18-15(23)11(21)8-13(22)19-16-20-14-10(17)4-3-5-12(14)24-16/h3-5,9,11H,6-8H2,1-2H3,(H,18,23)(H,19,20,22). The number of aromatic nitrogens is 1. The van der Waals surface area contributed by atoms with Gasteiger partial charge in [-0.05, 0) is 26.0 Å². The molecule has 128 valence electrons. The first-order valence-electron chi connectivity index (χ1n) is 7.84. The highest BCUT2D eigenvalue weighted by Crippen LogP contribution is 2.27. The number of benzene rings is 1. The molecule has 0 saturated carbocycles. The summed E-state index contributed by atoms with van der Waals surface area (Å²) in [4.78, 5) is 30.5. The highest BCUT2D eigenvalue weighted by Gasteiger charge is 2.33. The number of thiazole rings is 1. The van der Waals surface area contributed by atoms with Crippen LogP contribution >= 0.6 is 11.3 Å². The third kappa shape index (κ3) is 3.39. The number of hydrogen-bond donors (Lipinski definition) is 2. The van der Waals surface area contributed by atoms with Crippen molar-refractivity contribution in [2.45, 2.75) is 32.4 Å². The lowest BCUT2D eigenvalue weighted by molar-refractivity contribution is -0.133. The number of rotatable bonds is 4. The summed E-state index contributed by atoms with van der Waals surface area (Å²) in [6.07, 6.45) is 0.0441. The average molecular weight is 350 g/mol. The molecule has 1 aliphatic heterocycles. The molecule has 24 heavy (non-hydrogen) atoms. The van der Waals surface area contributed by atoms with Crippen molar-refractivity contribution in [2.75, 3.05) is 18.4 Å². The lowest BCUT2D eigenvalue weighted by Gasteiger charge is -2.37. The Kier molecular flexibility index (Phi) is 4.77. The lowest BCUT2D eigenvalue weighted by atomic mass is 10.1. The van der Waals surface area contributed by atoms with Crippen molar-refractivity contribution >= 4 is 38.5 Å². The van der Waals surface area contributed by atoms with Gasteiger partial charge in [0.2, 0.25) is 11.8 Å². The van der Waals surface area contributed by atoms with Crippen molar-refractivity contribution in [1.29, 1.82) is 0 Å². The number of halogens is 1. The maximum atomic E-state index is 13.7. The first-order chi connectivity index (χ1) is 11.5. The Morgan fingerprint density at radius 2 is 2.33 bits per heavy atom. The molecule has 0 aliphatic carbocycles. The zero-order valence-electron chi connectivity index (χ0n) is 13.5. The Bertz CT molecular complexity index is 777. The van der Waals surface area contributed by atoms with E-state index in [0.717, 1.165) is 0 Å². The molecular formula is C16H19FN4O2S. The fraction of sp³-hybridized carbons (Fsp3) is 0.438. The number of para-hydroxylation sites is 1. The van der Waals surface area contributed by atoms with Gasteiger partial charge in [-0.1, -0.05) is 17.4 Å². The molecule has 1 aromatic carbocycles. The van der Waals surface area contributed by atoms with Crippen LogP contribution in [0.25, 0.3) is 10.2 Å². The summed E-state index contributed by atoms with van der Waals surface area (Å²) in [5.41, 5.74) is 0.247. The SMILES string of the molecule is CC(C)N1CCNC(=O)C1CC(=O)Nc1nc2c(F)cccc2s1. The van der Waals surface area contributed by atoms with E-state index in [0.29, 0.717) is 22.9 Å². The Balaban J connectivity index is 1.71. The van der Waals surface area contributed by atoms with Crippen LogP contribution in [0.2, 0.25) is 0 Å². The molecule has 1 aliphatic rings. The Hall–Kier alpha value is -2.06. The molecule has 1 fully saturated rings. The van der Waals surface area contributed by atoms with Gasteiger partial charge in [0.25, 0.3) is 0 Å². The van der Waals surface area contributed by atoms with Gasteiger partial charge < -0.3 is 10.6 Å². The van der Waals surface area contributed by atoms with Crippen molar-refractivity contribution < 1.29 is 14.0 Å². The van der Waals surface area contributed by atoms with Crippen molar-refractivity contribution in [1.82, 2.24) is 15.2 Å². The fourth-order valence-corrected chi connectivity index (χ4v) is 3.77. The first kappa shape index (κ1) is 16.8. The number of fused-ring (bicyclic) bond motifs is 1.